The summed E-state index contributed by atoms with van der Waals surface area (Å²) in [6.07, 6.45) is 0. The molecule has 0 saturated carbocycles. The second-order valence-electron chi connectivity index (χ2n) is 5.56. The number of nitrogens with zero attached hydrogens (tertiary/aromatic N) is 6. The van der Waals surface area contributed by atoms with Crippen molar-refractivity contribution in [3.05, 3.63) is 31.6 Å². The van der Waals surface area contributed by atoms with Crippen LogP contribution in [0, 0.1) is 20.7 Å². The van der Waals surface area contributed by atoms with Crippen molar-refractivity contribution in [2.24, 2.45) is 8.80 Å². The molecule has 0 amide bonds. The van der Waals surface area contributed by atoms with Crippen LogP contribution in [-0.4, -0.2) is 17.9 Å². The van der Waals surface area contributed by atoms with Crippen molar-refractivity contribution in [1.82, 2.24) is 17.9 Å². The van der Waals surface area contributed by atoms with Gasteiger partial charge in [0.15, 0.2) is 34.3 Å². The van der Waals surface area contributed by atoms with Gasteiger partial charge in [0.2, 0.25) is 0 Å². The quantitative estimate of drug-likeness (QED) is 0.130. The highest BCUT2D eigenvalue weighted by molar-refractivity contribution is 8.75. The van der Waals surface area contributed by atoms with Gasteiger partial charge >= 0.3 is 0 Å². The zero-order valence-electron chi connectivity index (χ0n) is 15.1. The van der Waals surface area contributed by atoms with Crippen LogP contribution in [0.3, 0.4) is 0 Å². The van der Waals surface area contributed by atoms with Crippen LogP contribution in [-0.2, 0) is 13.1 Å². The summed E-state index contributed by atoms with van der Waals surface area (Å²) in [4.78, 5) is 0.863. The van der Waals surface area contributed by atoms with E-state index in [0.29, 0.717) is 45.5 Å². The maximum absolute atomic E-state index is 14.6. The summed E-state index contributed by atoms with van der Waals surface area (Å²) in [6, 6.07) is 0. The SMILES string of the molecule is CCn1c2nssc-2c(F)c(=S)/c1=N\SS/N=c1\c(=S)c(F)c2ssnc-2n1CC. The largest absolute Gasteiger partial charge is 0.307 e. The lowest BCUT2D eigenvalue weighted by Gasteiger charge is -2.10. The highest BCUT2D eigenvalue weighted by atomic mass is 33.1. The first-order valence-corrected chi connectivity index (χ1v) is 15.4. The molecule has 16 heteroatoms. The van der Waals surface area contributed by atoms with Gasteiger partial charge in [0.25, 0.3) is 0 Å². The molecule has 0 aromatic carbocycles. The van der Waals surface area contributed by atoms with Gasteiger partial charge in [-0.1, -0.05) is 45.1 Å². The van der Waals surface area contributed by atoms with E-state index in [1.54, 1.807) is 9.13 Å². The number of aromatic nitrogens is 4. The van der Waals surface area contributed by atoms with Crippen LogP contribution in [0.25, 0.3) is 21.4 Å². The molecule has 0 aromatic heterocycles. The molecule has 0 aromatic rings. The highest BCUT2D eigenvalue weighted by Gasteiger charge is 2.21. The Morgan fingerprint density at radius 2 is 1.23 bits per heavy atom. The first-order valence-electron chi connectivity index (χ1n) is 8.26. The molecular weight excluding hydrogens is 547 g/mol. The lowest BCUT2D eigenvalue weighted by atomic mass is 10.3. The summed E-state index contributed by atoms with van der Waals surface area (Å²) in [7, 11) is 6.91. The van der Waals surface area contributed by atoms with Gasteiger partial charge in [0.1, 0.15) is 18.8 Å². The Labute approximate surface area is 202 Å². The fourth-order valence-corrected chi connectivity index (χ4v) is 8.31. The molecule has 4 rings (SSSR count). The maximum atomic E-state index is 14.6. The van der Waals surface area contributed by atoms with Crippen molar-refractivity contribution in [2.75, 3.05) is 0 Å². The van der Waals surface area contributed by atoms with E-state index < -0.39 is 11.6 Å². The normalized spacial score (nSPS) is 13.2. The Kier molecular flexibility index (Phi) is 7.13. The van der Waals surface area contributed by atoms with Crippen molar-refractivity contribution in [1.29, 1.82) is 0 Å². The second-order valence-corrected chi connectivity index (χ2v) is 11.6. The molecular formula is C14H10F2N6S8. The van der Waals surface area contributed by atoms with Crippen LogP contribution >= 0.6 is 88.1 Å². The Bertz CT molecular complexity index is 1300. The average Bonchev–Trinajstić information content (AvgIpc) is 3.42. The minimum Gasteiger partial charge on any atom is -0.307 e. The van der Waals surface area contributed by atoms with Crippen molar-refractivity contribution in [3.63, 3.8) is 0 Å². The third-order valence-electron chi connectivity index (χ3n) is 4.03. The van der Waals surface area contributed by atoms with E-state index in [0.717, 1.165) is 22.0 Å². The maximum Gasteiger partial charge on any atom is 0.169 e. The summed E-state index contributed by atoms with van der Waals surface area (Å²) >= 11 is 10.5. The third kappa shape index (κ3) is 3.85. The lowest BCUT2D eigenvalue weighted by molar-refractivity contribution is 0.605. The predicted molar refractivity (Wildman–Crippen MR) is 128 cm³/mol. The van der Waals surface area contributed by atoms with E-state index in [1.165, 1.54) is 41.8 Å². The fraction of sp³-hybridized carbons (Fsp3) is 0.286. The minimum absolute atomic E-state index is 0.0397. The van der Waals surface area contributed by atoms with E-state index in [-0.39, 0.29) is 9.02 Å². The molecule has 4 aliphatic rings. The Balaban J connectivity index is 1.77. The molecule has 0 atom stereocenters. The Morgan fingerprint density at radius 3 is 1.60 bits per heavy atom. The average molecular weight is 557 g/mol. The zero-order chi connectivity index (χ0) is 21.4. The molecule has 158 valence electrons. The Morgan fingerprint density at radius 1 is 0.833 bits per heavy atom. The summed E-state index contributed by atoms with van der Waals surface area (Å²) in [6.45, 7) is 4.91. The minimum atomic E-state index is -0.487. The van der Waals surface area contributed by atoms with Crippen molar-refractivity contribution in [3.8, 4) is 21.4 Å². The number of fused-ring (bicyclic) bond motifs is 2. The molecule has 0 saturated heterocycles. The molecule has 0 unspecified atom stereocenters. The summed E-state index contributed by atoms with van der Waals surface area (Å²) < 4.78 is 50.1. The van der Waals surface area contributed by atoms with Crippen LogP contribution in [0.4, 0.5) is 8.78 Å². The van der Waals surface area contributed by atoms with Gasteiger partial charge in [-0.3, -0.25) is 0 Å². The first-order chi connectivity index (χ1) is 14.5. The number of pyridine rings is 2. The summed E-state index contributed by atoms with van der Waals surface area (Å²) in [5.41, 5.74) is 0.626. The fourth-order valence-electron chi connectivity index (χ4n) is 2.69. The third-order valence-corrected chi connectivity index (χ3v) is 9.56. The smallest absolute Gasteiger partial charge is 0.169 e. The van der Waals surface area contributed by atoms with Crippen LogP contribution in [0.2, 0.25) is 0 Å². The molecule has 0 aliphatic carbocycles. The monoisotopic (exact) mass is 556 g/mol. The molecule has 4 aliphatic heterocycles. The topological polar surface area (TPSA) is 60.4 Å². The predicted octanol–water partition coefficient (Wildman–Crippen LogP) is 6.03. The van der Waals surface area contributed by atoms with Crippen LogP contribution in [0.5, 0.6) is 0 Å². The second kappa shape index (κ2) is 9.48. The van der Waals surface area contributed by atoms with E-state index in [9.17, 15) is 8.78 Å². The molecule has 6 nitrogen and oxygen atoms in total. The number of rotatable bonds is 5. The summed E-state index contributed by atoms with van der Waals surface area (Å²) in [5.74, 6) is 0.0696. The van der Waals surface area contributed by atoms with Gasteiger partial charge in [0, 0.05) is 34.2 Å². The standard InChI is InChI=1S/C14H10F2N6S8/c1-3-21-11(7(23)5(15)9-13(21)19-27-25-9)17-29-30-18-12-8(24)6(16)10-14(20-28-26-10)22(12)4-2/h3-4H2,1-2H3/b17-11+,18-12+. The van der Waals surface area contributed by atoms with Gasteiger partial charge in [0.05, 0.1) is 22.0 Å². The van der Waals surface area contributed by atoms with Crippen molar-refractivity contribution >= 4 is 88.1 Å². The lowest BCUT2D eigenvalue weighted by Crippen LogP contribution is -2.25. The molecule has 0 fully saturated rings. The van der Waals surface area contributed by atoms with E-state index >= 15 is 0 Å². The van der Waals surface area contributed by atoms with Gasteiger partial charge in [-0.05, 0) is 13.8 Å². The molecule has 0 bridgehead atoms. The molecule has 0 N–H and O–H groups in total. The van der Waals surface area contributed by atoms with Crippen LogP contribution in [0.15, 0.2) is 8.80 Å². The van der Waals surface area contributed by atoms with Crippen molar-refractivity contribution < 1.29 is 8.78 Å². The van der Waals surface area contributed by atoms with Gasteiger partial charge in [-0.15, -0.1) is 0 Å². The van der Waals surface area contributed by atoms with E-state index in [1.807, 2.05) is 13.8 Å². The Hall–Kier alpha value is -0.620. The zero-order valence-corrected chi connectivity index (χ0v) is 21.7. The summed E-state index contributed by atoms with van der Waals surface area (Å²) in [5, 5.41) is 0. The first kappa shape index (κ1) is 22.6. The molecule has 30 heavy (non-hydrogen) atoms. The molecule has 0 radical (unpaired) electrons. The number of halogens is 2. The van der Waals surface area contributed by atoms with Gasteiger partial charge < -0.3 is 9.13 Å². The van der Waals surface area contributed by atoms with E-state index in [2.05, 4.69) is 17.5 Å². The van der Waals surface area contributed by atoms with Crippen LogP contribution < -0.4 is 11.0 Å². The molecule has 4 heterocycles. The van der Waals surface area contributed by atoms with Crippen LogP contribution in [0.1, 0.15) is 13.8 Å². The number of hydrogen-bond acceptors (Lipinski definition) is 12. The van der Waals surface area contributed by atoms with Gasteiger partial charge in [-0.2, -0.15) is 17.5 Å². The van der Waals surface area contributed by atoms with Gasteiger partial charge in [-0.25, -0.2) is 8.78 Å². The molecule has 0 spiro atoms. The number of hydrogen-bond donors (Lipinski definition) is 0. The van der Waals surface area contributed by atoms with E-state index in [4.69, 9.17) is 24.4 Å². The highest BCUT2D eigenvalue weighted by Crippen LogP contribution is 2.32. The van der Waals surface area contributed by atoms with Crippen molar-refractivity contribution in [2.45, 2.75) is 26.9 Å².